The number of anilines is 1. The van der Waals surface area contributed by atoms with E-state index in [9.17, 15) is 9.18 Å². The quantitative estimate of drug-likeness (QED) is 0.808. The predicted octanol–water partition coefficient (Wildman–Crippen LogP) is 3.61. The molecule has 1 amide bonds. The fraction of sp³-hybridized carbons (Fsp3) is 0.267. The van der Waals surface area contributed by atoms with Crippen LogP contribution in [0, 0.1) is 5.82 Å². The van der Waals surface area contributed by atoms with Crippen molar-refractivity contribution < 1.29 is 9.18 Å². The monoisotopic (exact) mass is 368 g/mol. The van der Waals surface area contributed by atoms with E-state index in [-0.39, 0.29) is 11.7 Å². The third kappa shape index (κ3) is 3.27. The molecule has 6 heteroatoms. The van der Waals surface area contributed by atoms with Gasteiger partial charge in [-0.3, -0.25) is 4.79 Å². The van der Waals surface area contributed by atoms with Gasteiger partial charge in [-0.1, -0.05) is 0 Å². The Bertz CT molecular complexity index is 635. The number of hydrogen-bond donors (Lipinski definition) is 0. The van der Waals surface area contributed by atoms with E-state index < -0.39 is 0 Å². The van der Waals surface area contributed by atoms with Crippen molar-refractivity contribution in [3.63, 3.8) is 0 Å². The van der Waals surface area contributed by atoms with E-state index in [0.717, 1.165) is 28.1 Å². The van der Waals surface area contributed by atoms with Gasteiger partial charge in [0, 0.05) is 37.2 Å². The van der Waals surface area contributed by atoms with E-state index in [1.165, 1.54) is 23.5 Å². The van der Waals surface area contributed by atoms with Crippen molar-refractivity contribution in [3.05, 3.63) is 50.9 Å². The maximum absolute atomic E-state index is 12.9. The summed E-state index contributed by atoms with van der Waals surface area (Å²) in [5, 5.41) is 1.87. The molecule has 0 spiro atoms. The fourth-order valence-electron chi connectivity index (χ4n) is 2.42. The lowest BCUT2D eigenvalue weighted by Crippen LogP contribution is -2.48. The zero-order valence-electron chi connectivity index (χ0n) is 11.3. The Kier molecular flexibility index (Phi) is 4.26. The van der Waals surface area contributed by atoms with E-state index in [1.54, 1.807) is 12.1 Å². The lowest BCUT2D eigenvalue weighted by atomic mass is 10.2. The van der Waals surface area contributed by atoms with E-state index in [0.29, 0.717) is 13.1 Å². The number of benzene rings is 1. The van der Waals surface area contributed by atoms with Crippen LogP contribution < -0.4 is 4.90 Å². The Hall–Kier alpha value is -1.40. The molecule has 3 rings (SSSR count). The van der Waals surface area contributed by atoms with Crippen LogP contribution in [0.3, 0.4) is 0 Å². The van der Waals surface area contributed by atoms with Crippen LogP contribution in [0.25, 0.3) is 0 Å². The maximum atomic E-state index is 12.9. The molecule has 2 aromatic rings. The third-order valence-corrected chi connectivity index (χ3v) is 5.08. The number of nitrogens with zero attached hydrogens (tertiary/aromatic N) is 2. The molecular formula is C15H14BrFN2OS. The second-order valence-electron chi connectivity index (χ2n) is 4.90. The molecule has 3 nitrogen and oxygen atoms in total. The number of thiophene rings is 1. The molecule has 1 aromatic carbocycles. The first-order valence-electron chi connectivity index (χ1n) is 6.67. The van der Waals surface area contributed by atoms with Gasteiger partial charge in [0.1, 0.15) is 5.82 Å². The van der Waals surface area contributed by atoms with Gasteiger partial charge in [-0.05, 0) is 46.3 Å². The van der Waals surface area contributed by atoms with Gasteiger partial charge in [0.05, 0.1) is 9.35 Å². The van der Waals surface area contributed by atoms with E-state index >= 15 is 0 Å². The summed E-state index contributed by atoms with van der Waals surface area (Å²) >= 11 is 4.90. The smallest absolute Gasteiger partial charge is 0.254 e. The lowest BCUT2D eigenvalue weighted by Gasteiger charge is -2.36. The van der Waals surface area contributed by atoms with Gasteiger partial charge < -0.3 is 9.80 Å². The molecule has 2 heterocycles. The highest BCUT2D eigenvalue weighted by molar-refractivity contribution is 9.11. The minimum Gasteiger partial charge on any atom is -0.368 e. The molecule has 1 saturated heterocycles. The predicted molar refractivity (Wildman–Crippen MR) is 86.5 cm³/mol. The summed E-state index contributed by atoms with van der Waals surface area (Å²) in [6.07, 6.45) is 0. The standard InChI is InChI=1S/C15H14BrFN2OS/c16-14-9-11(10-21-14)15(20)19-7-5-18(6-8-19)13-3-1-12(17)2-4-13/h1-4,9-10H,5-8H2. The Balaban J connectivity index is 1.62. The molecule has 0 N–H and O–H groups in total. The first-order chi connectivity index (χ1) is 10.1. The average molecular weight is 369 g/mol. The molecule has 1 fully saturated rings. The topological polar surface area (TPSA) is 23.6 Å². The van der Waals surface area contributed by atoms with Gasteiger partial charge in [-0.15, -0.1) is 11.3 Å². The first kappa shape index (κ1) is 14.5. The van der Waals surface area contributed by atoms with Gasteiger partial charge in [-0.2, -0.15) is 0 Å². The van der Waals surface area contributed by atoms with Gasteiger partial charge in [-0.25, -0.2) is 4.39 Å². The van der Waals surface area contributed by atoms with Crippen molar-refractivity contribution >= 4 is 38.9 Å². The number of piperazine rings is 1. The highest BCUT2D eigenvalue weighted by atomic mass is 79.9. The second-order valence-corrected chi connectivity index (χ2v) is 7.19. The molecule has 21 heavy (non-hydrogen) atoms. The first-order valence-corrected chi connectivity index (χ1v) is 8.34. The van der Waals surface area contributed by atoms with Gasteiger partial charge in [0.2, 0.25) is 0 Å². The molecule has 1 aliphatic rings. The highest BCUT2D eigenvalue weighted by Gasteiger charge is 2.22. The number of rotatable bonds is 2. The Morgan fingerprint density at radius 2 is 1.81 bits per heavy atom. The molecule has 0 radical (unpaired) electrons. The molecular weight excluding hydrogens is 355 g/mol. The van der Waals surface area contributed by atoms with E-state index in [4.69, 9.17) is 0 Å². The zero-order valence-corrected chi connectivity index (χ0v) is 13.7. The molecule has 0 unspecified atom stereocenters. The van der Waals surface area contributed by atoms with Crippen molar-refractivity contribution in [2.24, 2.45) is 0 Å². The largest absolute Gasteiger partial charge is 0.368 e. The summed E-state index contributed by atoms with van der Waals surface area (Å²) < 4.78 is 13.9. The Morgan fingerprint density at radius 1 is 1.14 bits per heavy atom. The van der Waals surface area contributed by atoms with Crippen molar-refractivity contribution in [3.8, 4) is 0 Å². The van der Waals surface area contributed by atoms with Crippen LogP contribution in [-0.2, 0) is 0 Å². The van der Waals surface area contributed by atoms with Crippen molar-refractivity contribution in [1.29, 1.82) is 0 Å². The molecule has 0 aliphatic carbocycles. The number of amides is 1. The zero-order chi connectivity index (χ0) is 14.8. The van der Waals surface area contributed by atoms with Crippen molar-refractivity contribution in [2.45, 2.75) is 0 Å². The summed E-state index contributed by atoms with van der Waals surface area (Å²) in [5.74, 6) is -0.147. The second kappa shape index (κ2) is 6.15. The van der Waals surface area contributed by atoms with Crippen LogP contribution in [0.5, 0.6) is 0 Å². The Morgan fingerprint density at radius 3 is 2.38 bits per heavy atom. The summed E-state index contributed by atoms with van der Waals surface area (Å²) in [7, 11) is 0. The SMILES string of the molecule is O=C(c1csc(Br)c1)N1CCN(c2ccc(F)cc2)CC1. The Labute approximate surface area is 135 Å². The number of carbonyl (C=O) groups is 1. The van der Waals surface area contributed by atoms with Crippen LogP contribution in [0.2, 0.25) is 0 Å². The average Bonchev–Trinajstić information content (AvgIpc) is 2.94. The van der Waals surface area contributed by atoms with Gasteiger partial charge >= 0.3 is 0 Å². The highest BCUT2D eigenvalue weighted by Crippen LogP contribution is 2.23. The molecule has 1 aliphatic heterocycles. The number of carbonyl (C=O) groups excluding carboxylic acids is 1. The normalized spacial score (nSPS) is 15.3. The lowest BCUT2D eigenvalue weighted by molar-refractivity contribution is 0.0747. The molecule has 0 bridgehead atoms. The van der Waals surface area contributed by atoms with Crippen molar-refractivity contribution in [1.82, 2.24) is 4.90 Å². The van der Waals surface area contributed by atoms with E-state index in [1.807, 2.05) is 16.3 Å². The maximum Gasteiger partial charge on any atom is 0.254 e. The summed E-state index contributed by atoms with van der Waals surface area (Å²) in [6.45, 7) is 2.90. The summed E-state index contributed by atoms with van der Waals surface area (Å²) in [6, 6.07) is 8.36. The summed E-state index contributed by atoms with van der Waals surface area (Å²) in [4.78, 5) is 16.4. The number of halogens is 2. The molecule has 0 saturated carbocycles. The van der Waals surface area contributed by atoms with Crippen LogP contribution in [0.4, 0.5) is 10.1 Å². The van der Waals surface area contributed by atoms with Crippen molar-refractivity contribution in [2.75, 3.05) is 31.1 Å². The van der Waals surface area contributed by atoms with E-state index in [2.05, 4.69) is 20.8 Å². The van der Waals surface area contributed by atoms with Crippen LogP contribution >= 0.6 is 27.3 Å². The van der Waals surface area contributed by atoms with Crippen LogP contribution in [0.1, 0.15) is 10.4 Å². The minimum absolute atomic E-state index is 0.0794. The molecule has 1 aromatic heterocycles. The van der Waals surface area contributed by atoms with Gasteiger partial charge in [0.25, 0.3) is 5.91 Å². The fourth-order valence-corrected chi connectivity index (χ4v) is 3.55. The number of hydrogen-bond acceptors (Lipinski definition) is 3. The van der Waals surface area contributed by atoms with Gasteiger partial charge in [0.15, 0.2) is 0 Å². The third-order valence-electron chi connectivity index (χ3n) is 3.57. The minimum atomic E-state index is -0.226. The van der Waals surface area contributed by atoms with Crippen LogP contribution in [-0.4, -0.2) is 37.0 Å². The van der Waals surface area contributed by atoms with Crippen LogP contribution in [0.15, 0.2) is 39.5 Å². The molecule has 110 valence electrons. The molecule has 0 atom stereocenters. The summed E-state index contributed by atoms with van der Waals surface area (Å²) in [5.41, 5.74) is 1.74.